The Bertz CT molecular complexity index is 227. The molecule has 0 aromatic rings. The van der Waals surface area contributed by atoms with E-state index in [1.54, 1.807) is 0 Å². The van der Waals surface area contributed by atoms with Crippen LogP contribution in [0.1, 0.15) is 20.3 Å². The van der Waals surface area contributed by atoms with Gasteiger partial charge in [-0.25, -0.2) is 0 Å². The zero-order valence-corrected chi connectivity index (χ0v) is 9.04. The number of ether oxygens (including phenoxy) is 1. The molecule has 0 fully saturated rings. The first-order valence-corrected chi connectivity index (χ1v) is 4.38. The van der Waals surface area contributed by atoms with E-state index in [2.05, 4.69) is 17.9 Å². The van der Waals surface area contributed by atoms with Crippen LogP contribution < -0.4 is 0 Å². The minimum absolute atomic E-state index is 0.0103. The lowest BCUT2D eigenvalue weighted by atomic mass is 10.2. The van der Waals surface area contributed by atoms with Gasteiger partial charge < -0.3 is 9.84 Å². The fourth-order valence-electron chi connectivity index (χ4n) is 0.577. The van der Waals surface area contributed by atoms with Crippen LogP contribution in [0.4, 0.5) is 0 Å². The van der Waals surface area contributed by atoms with Crippen LogP contribution in [0.5, 0.6) is 0 Å². The molecule has 0 heterocycles. The standard InChI is InChI=1S/C9H12O3.C2H6/c1-4-8(10)5-7(2)6-9(11)12-3;1-2/h4-5,10H,1-2,6H2,3H3;1-2H3/b8-5+;. The van der Waals surface area contributed by atoms with Crippen LogP contribution in [0.15, 0.2) is 36.6 Å². The number of hydrogen-bond acceptors (Lipinski definition) is 3. The fraction of sp³-hybridized carbons (Fsp3) is 0.364. The maximum Gasteiger partial charge on any atom is 0.309 e. The predicted octanol–water partition coefficient (Wildman–Crippen LogP) is 2.76. The van der Waals surface area contributed by atoms with Crippen LogP contribution >= 0.6 is 0 Å². The first-order chi connectivity index (χ1) is 6.60. The van der Waals surface area contributed by atoms with E-state index in [9.17, 15) is 4.79 Å². The van der Waals surface area contributed by atoms with Crippen LogP contribution in [0.25, 0.3) is 0 Å². The summed E-state index contributed by atoms with van der Waals surface area (Å²) < 4.78 is 4.40. The first-order valence-electron chi connectivity index (χ1n) is 4.38. The molecule has 0 saturated heterocycles. The molecule has 3 nitrogen and oxygen atoms in total. The van der Waals surface area contributed by atoms with Crippen molar-refractivity contribution in [2.45, 2.75) is 20.3 Å². The molecule has 0 saturated carbocycles. The third-order valence-electron chi connectivity index (χ3n) is 1.16. The van der Waals surface area contributed by atoms with Crippen molar-refractivity contribution in [1.82, 2.24) is 0 Å². The third-order valence-corrected chi connectivity index (χ3v) is 1.16. The normalized spacial score (nSPS) is 9.50. The van der Waals surface area contributed by atoms with Crippen molar-refractivity contribution < 1.29 is 14.6 Å². The molecule has 0 unspecified atom stereocenters. The lowest BCUT2D eigenvalue weighted by molar-refractivity contribution is -0.139. The second kappa shape index (κ2) is 9.58. The van der Waals surface area contributed by atoms with Crippen molar-refractivity contribution in [1.29, 1.82) is 0 Å². The van der Waals surface area contributed by atoms with Crippen LogP contribution in [-0.4, -0.2) is 18.2 Å². The summed E-state index contributed by atoms with van der Waals surface area (Å²) in [6, 6.07) is 0. The lowest BCUT2D eigenvalue weighted by Gasteiger charge is -1.98. The monoisotopic (exact) mass is 198 g/mol. The number of esters is 1. The first kappa shape index (κ1) is 15.0. The maximum atomic E-state index is 10.7. The van der Waals surface area contributed by atoms with Gasteiger partial charge in [-0.05, 0) is 17.7 Å². The second-order valence-corrected chi connectivity index (χ2v) is 2.18. The molecule has 80 valence electrons. The molecular weight excluding hydrogens is 180 g/mol. The highest BCUT2D eigenvalue weighted by molar-refractivity contribution is 5.72. The summed E-state index contributed by atoms with van der Waals surface area (Å²) in [4.78, 5) is 10.7. The molecule has 0 rings (SSSR count). The number of aliphatic hydroxyl groups excluding tert-OH is 1. The third kappa shape index (κ3) is 8.59. The Morgan fingerprint density at radius 2 is 2.00 bits per heavy atom. The quantitative estimate of drug-likeness (QED) is 0.429. The number of carbonyl (C=O) groups excluding carboxylic acids is 1. The van der Waals surface area contributed by atoms with Gasteiger partial charge in [-0.15, -0.1) is 0 Å². The summed E-state index contributed by atoms with van der Waals surface area (Å²) in [6.07, 6.45) is 2.71. The minimum atomic E-state index is -0.381. The number of methoxy groups -OCH3 is 1. The van der Waals surface area contributed by atoms with Crippen molar-refractivity contribution in [3.05, 3.63) is 36.6 Å². The highest BCUT2D eigenvalue weighted by Crippen LogP contribution is 2.04. The molecule has 0 aromatic carbocycles. The van der Waals surface area contributed by atoms with Gasteiger partial charge in [-0.2, -0.15) is 0 Å². The predicted molar refractivity (Wildman–Crippen MR) is 58.0 cm³/mol. The SMILES string of the molecule is C=C/C(O)=C\C(=C)CC(=O)OC.CC. The molecule has 0 radical (unpaired) electrons. The van der Waals surface area contributed by atoms with Crippen LogP contribution in [0.2, 0.25) is 0 Å². The van der Waals surface area contributed by atoms with E-state index in [1.807, 2.05) is 13.8 Å². The number of aliphatic hydroxyl groups is 1. The van der Waals surface area contributed by atoms with E-state index in [0.717, 1.165) is 0 Å². The molecule has 3 heteroatoms. The number of rotatable bonds is 4. The number of allylic oxidation sites excluding steroid dienone is 2. The van der Waals surface area contributed by atoms with E-state index in [0.29, 0.717) is 5.57 Å². The Morgan fingerprint density at radius 3 is 2.36 bits per heavy atom. The highest BCUT2D eigenvalue weighted by atomic mass is 16.5. The molecule has 0 bridgehead atoms. The summed E-state index contributed by atoms with van der Waals surface area (Å²) in [7, 11) is 1.30. The van der Waals surface area contributed by atoms with E-state index >= 15 is 0 Å². The molecule has 14 heavy (non-hydrogen) atoms. The van der Waals surface area contributed by atoms with Crippen molar-refractivity contribution >= 4 is 5.97 Å². The second-order valence-electron chi connectivity index (χ2n) is 2.18. The molecule has 1 N–H and O–H groups in total. The van der Waals surface area contributed by atoms with Crippen molar-refractivity contribution in [3.8, 4) is 0 Å². The minimum Gasteiger partial charge on any atom is -0.508 e. The average molecular weight is 198 g/mol. The Balaban J connectivity index is 0. The number of hydrogen-bond donors (Lipinski definition) is 1. The van der Waals surface area contributed by atoms with Gasteiger partial charge in [0.15, 0.2) is 0 Å². The fourth-order valence-corrected chi connectivity index (χ4v) is 0.577. The average Bonchev–Trinajstić information content (AvgIpc) is 2.20. The molecule has 0 aliphatic heterocycles. The van der Waals surface area contributed by atoms with Crippen molar-refractivity contribution in [2.24, 2.45) is 0 Å². The van der Waals surface area contributed by atoms with Crippen LogP contribution in [0.3, 0.4) is 0 Å². The van der Waals surface area contributed by atoms with Gasteiger partial charge in [0.1, 0.15) is 5.76 Å². The van der Waals surface area contributed by atoms with Crippen molar-refractivity contribution in [3.63, 3.8) is 0 Å². The molecular formula is C11H18O3. The summed E-state index contributed by atoms with van der Waals surface area (Å²) >= 11 is 0. The largest absolute Gasteiger partial charge is 0.508 e. The number of carbonyl (C=O) groups is 1. The van der Waals surface area contributed by atoms with Gasteiger partial charge in [0, 0.05) is 0 Å². The zero-order chi connectivity index (χ0) is 11.6. The van der Waals surface area contributed by atoms with Crippen molar-refractivity contribution in [2.75, 3.05) is 7.11 Å². The zero-order valence-electron chi connectivity index (χ0n) is 9.04. The van der Waals surface area contributed by atoms with Gasteiger partial charge in [0.05, 0.1) is 13.5 Å². The summed E-state index contributed by atoms with van der Waals surface area (Å²) in [5.74, 6) is -0.392. The van der Waals surface area contributed by atoms with E-state index < -0.39 is 0 Å². The van der Waals surface area contributed by atoms with E-state index in [-0.39, 0.29) is 18.1 Å². The smallest absolute Gasteiger partial charge is 0.309 e. The Kier molecular flexibility index (Phi) is 10.3. The Hall–Kier alpha value is -1.51. The molecule has 0 aliphatic carbocycles. The summed E-state index contributed by atoms with van der Waals surface area (Å²) in [5.41, 5.74) is 0.485. The van der Waals surface area contributed by atoms with Gasteiger partial charge in [-0.1, -0.05) is 27.0 Å². The van der Waals surface area contributed by atoms with Gasteiger partial charge in [-0.3, -0.25) is 4.79 Å². The summed E-state index contributed by atoms with van der Waals surface area (Å²) in [6.45, 7) is 10.9. The van der Waals surface area contributed by atoms with Gasteiger partial charge in [0.2, 0.25) is 0 Å². The van der Waals surface area contributed by atoms with Crippen LogP contribution in [-0.2, 0) is 9.53 Å². The maximum absolute atomic E-state index is 10.7. The van der Waals surface area contributed by atoms with E-state index in [4.69, 9.17) is 5.11 Å². The van der Waals surface area contributed by atoms with Gasteiger partial charge >= 0.3 is 5.97 Å². The van der Waals surface area contributed by atoms with E-state index in [1.165, 1.54) is 19.3 Å². The summed E-state index contributed by atoms with van der Waals surface area (Å²) in [5, 5.41) is 8.94. The molecule has 0 aliphatic rings. The topological polar surface area (TPSA) is 46.5 Å². The van der Waals surface area contributed by atoms with Crippen LogP contribution in [0, 0.1) is 0 Å². The molecule has 0 aromatic heterocycles. The molecule has 0 spiro atoms. The lowest BCUT2D eigenvalue weighted by Crippen LogP contribution is -2.00. The Morgan fingerprint density at radius 1 is 1.50 bits per heavy atom. The highest BCUT2D eigenvalue weighted by Gasteiger charge is 2.01. The van der Waals surface area contributed by atoms with Gasteiger partial charge in [0.25, 0.3) is 0 Å². The molecule has 0 atom stereocenters. The Labute approximate surface area is 85.4 Å². The molecule has 0 amide bonds.